The Bertz CT molecular complexity index is 401. The van der Waals surface area contributed by atoms with E-state index in [2.05, 4.69) is 29.0 Å². The number of nitrogens with one attached hydrogen (secondary N) is 1. The fourth-order valence-corrected chi connectivity index (χ4v) is 1.85. The topological polar surface area (TPSA) is 71.3 Å². The standard InChI is InChI=1S/C12H20N4O2/c1-12(2,9-15(3)4)8-14-10-5-6-11(13-7-10)16(17)18/h5-7,14H,8-9H2,1-4H3. The summed E-state index contributed by atoms with van der Waals surface area (Å²) < 4.78 is 0. The van der Waals surface area contributed by atoms with E-state index in [4.69, 9.17) is 0 Å². The molecule has 1 N–H and O–H groups in total. The summed E-state index contributed by atoms with van der Waals surface area (Å²) in [6.45, 7) is 6.07. The second-order valence-electron chi connectivity index (χ2n) is 5.42. The van der Waals surface area contributed by atoms with Crippen LogP contribution in [0, 0.1) is 15.5 Å². The largest absolute Gasteiger partial charge is 0.381 e. The number of rotatable bonds is 6. The van der Waals surface area contributed by atoms with Crippen molar-refractivity contribution in [2.24, 2.45) is 5.41 Å². The predicted molar refractivity (Wildman–Crippen MR) is 71.7 cm³/mol. The van der Waals surface area contributed by atoms with Gasteiger partial charge in [0.1, 0.15) is 0 Å². The first-order chi connectivity index (χ1) is 8.30. The minimum Gasteiger partial charge on any atom is -0.381 e. The number of pyridine rings is 1. The van der Waals surface area contributed by atoms with E-state index in [1.807, 2.05) is 14.1 Å². The highest BCUT2D eigenvalue weighted by atomic mass is 16.6. The van der Waals surface area contributed by atoms with Crippen molar-refractivity contribution in [2.75, 3.05) is 32.5 Å². The number of nitro groups is 1. The average Bonchev–Trinajstić information content (AvgIpc) is 2.25. The average molecular weight is 252 g/mol. The minimum atomic E-state index is -0.500. The maximum absolute atomic E-state index is 10.5. The van der Waals surface area contributed by atoms with Gasteiger partial charge in [-0.1, -0.05) is 13.8 Å². The van der Waals surface area contributed by atoms with Gasteiger partial charge in [-0.15, -0.1) is 0 Å². The second kappa shape index (κ2) is 5.77. The van der Waals surface area contributed by atoms with Crippen LogP contribution in [0.3, 0.4) is 0 Å². The number of hydrogen-bond donors (Lipinski definition) is 1. The molecule has 0 bridgehead atoms. The highest BCUT2D eigenvalue weighted by Crippen LogP contribution is 2.18. The Morgan fingerprint density at radius 3 is 2.56 bits per heavy atom. The van der Waals surface area contributed by atoms with Crippen LogP contribution in [0.1, 0.15) is 13.8 Å². The zero-order valence-corrected chi connectivity index (χ0v) is 11.3. The van der Waals surface area contributed by atoms with Crippen molar-refractivity contribution in [3.05, 3.63) is 28.4 Å². The molecule has 1 aromatic rings. The highest BCUT2D eigenvalue weighted by molar-refractivity contribution is 5.43. The number of aromatic nitrogens is 1. The molecule has 0 aliphatic carbocycles. The number of hydrogen-bond acceptors (Lipinski definition) is 5. The lowest BCUT2D eigenvalue weighted by atomic mass is 9.93. The molecule has 18 heavy (non-hydrogen) atoms. The van der Waals surface area contributed by atoms with E-state index < -0.39 is 4.92 Å². The van der Waals surface area contributed by atoms with Crippen molar-refractivity contribution in [3.63, 3.8) is 0 Å². The Labute approximate surface area is 107 Å². The van der Waals surface area contributed by atoms with Crippen LogP contribution in [0.2, 0.25) is 0 Å². The number of nitrogens with zero attached hydrogens (tertiary/aromatic N) is 3. The fraction of sp³-hybridized carbons (Fsp3) is 0.583. The third kappa shape index (κ3) is 4.67. The van der Waals surface area contributed by atoms with Gasteiger partial charge < -0.3 is 20.3 Å². The molecule has 1 aromatic heterocycles. The molecule has 0 amide bonds. The lowest BCUT2D eigenvalue weighted by molar-refractivity contribution is -0.389. The van der Waals surface area contributed by atoms with Crippen LogP contribution in [-0.2, 0) is 0 Å². The summed E-state index contributed by atoms with van der Waals surface area (Å²) in [5.41, 5.74) is 0.915. The van der Waals surface area contributed by atoms with Crippen LogP contribution in [0.5, 0.6) is 0 Å². The van der Waals surface area contributed by atoms with Crippen molar-refractivity contribution < 1.29 is 4.92 Å². The molecule has 1 heterocycles. The van der Waals surface area contributed by atoms with E-state index in [-0.39, 0.29) is 11.2 Å². The third-order valence-corrected chi connectivity index (χ3v) is 2.45. The Morgan fingerprint density at radius 1 is 1.44 bits per heavy atom. The molecule has 0 atom stereocenters. The molecule has 0 aliphatic heterocycles. The molecule has 6 nitrogen and oxygen atoms in total. The van der Waals surface area contributed by atoms with Crippen LogP contribution in [0.25, 0.3) is 0 Å². The van der Waals surface area contributed by atoms with E-state index in [9.17, 15) is 10.1 Å². The molecule has 1 rings (SSSR count). The SMILES string of the molecule is CN(C)CC(C)(C)CNc1ccc([N+](=O)[O-])nc1. The molecule has 100 valence electrons. The van der Waals surface area contributed by atoms with Crippen molar-refractivity contribution in [1.82, 2.24) is 9.88 Å². The molecule has 6 heteroatoms. The summed E-state index contributed by atoms with van der Waals surface area (Å²) in [5, 5.41) is 13.7. The van der Waals surface area contributed by atoms with Crippen LogP contribution >= 0.6 is 0 Å². The molecule has 0 aromatic carbocycles. The van der Waals surface area contributed by atoms with Crippen molar-refractivity contribution >= 4 is 11.5 Å². The Morgan fingerprint density at radius 2 is 2.11 bits per heavy atom. The van der Waals surface area contributed by atoms with Gasteiger partial charge in [0.25, 0.3) is 0 Å². The van der Waals surface area contributed by atoms with Gasteiger partial charge in [-0.3, -0.25) is 0 Å². The zero-order chi connectivity index (χ0) is 13.8. The van der Waals surface area contributed by atoms with Crippen molar-refractivity contribution in [1.29, 1.82) is 0 Å². The molecule has 0 unspecified atom stereocenters. The molecule has 0 radical (unpaired) electrons. The van der Waals surface area contributed by atoms with E-state index in [0.717, 1.165) is 18.8 Å². The molecule has 0 spiro atoms. The highest BCUT2D eigenvalue weighted by Gasteiger charge is 2.18. The van der Waals surface area contributed by atoms with Crippen LogP contribution in [0.15, 0.2) is 18.3 Å². The summed E-state index contributed by atoms with van der Waals surface area (Å²) in [5.74, 6) is -0.131. The minimum absolute atomic E-state index is 0.116. The summed E-state index contributed by atoms with van der Waals surface area (Å²) in [6.07, 6.45) is 1.49. The summed E-state index contributed by atoms with van der Waals surface area (Å²) in [4.78, 5) is 15.9. The van der Waals surface area contributed by atoms with E-state index in [1.54, 1.807) is 6.07 Å². The molecule has 0 saturated carbocycles. The van der Waals surface area contributed by atoms with E-state index in [1.165, 1.54) is 12.3 Å². The normalized spacial score (nSPS) is 11.6. The first-order valence-corrected chi connectivity index (χ1v) is 5.79. The zero-order valence-electron chi connectivity index (χ0n) is 11.3. The van der Waals surface area contributed by atoms with E-state index >= 15 is 0 Å². The maximum Gasteiger partial charge on any atom is 0.363 e. The smallest absolute Gasteiger partial charge is 0.363 e. The lowest BCUT2D eigenvalue weighted by Gasteiger charge is -2.28. The van der Waals surface area contributed by atoms with Gasteiger partial charge in [-0.25, -0.2) is 0 Å². The Kier molecular flexibility index (Phi) is 4.61. The monoisotopic (exact) mass is 252 g/mol. The van der Waals surface area contributed by atoms with Crippen LogP contribution in [0.4, 0.5) is 11.5 Å². The molecule has 0 aliphatic rings. The second-order valence-corrected chi connectivity index (χ2v) is 5.42. The number of anilines is 1. The fourth-order valence-electron chi connectivity index (χ4n) is 1.85. The van der Waals surface area contributed by atoms with Crippen molar-refractivity contribution in [3.8, 4) is 0 Å². The van der Waals surface area contributed by atoms with Gasteiger partial charge >= 0.3 is 5.82 Å². The lowest BCUT2D eigenvalue weighted by Crippen LogP contribution is -2.34. The van der Waals surface area contributed by atoms with Gasteiger partial charge in [0.15, 0.2) is 6.20 Å². The van der Waals surface area contributed by atoms with Crippen LogP contribution < -0.4 is 5.32 Å². The quantitative estimate of drug-likeness (QED) is 0.619. The molecular formula is C12H20N4O2. The van der Waals surface area contributed by atoms with Gasteiger partial charge in [0, 0.05) is 19.2 Å². The molecule has 0 fully saturated rings. The van der Waals surface area contributed by atoms with Gasteiger partial charge in [-0.2, -0.15) is 0 Å². The van der Waals surface area contributed by atoms with Gasteiger partial charge in [0.2, 0.25) is 0 Å². The van der Waals surface area contributed by atoms with Crippen LogP contribution in [-0.4, -0.2) is 42.0 Å². The van der Waals surface area contributed by atoms with Crippen molar-refractivity contribution in [2.45, 2.75) is 13.8 Å². The molecule has 0 saturated heterocycles. The summed E-state index contributed by atoms with van der Waals surface area (Å²) in [7, 11) is 4.07. The van der Waals surface area contributed by atoms with Gasteiger partial charge in [0.05, 0.1) is 5.69 Å². The Hall–Kier alpha value is -1.69. The molecular weight excluding hydrogens is 232 g/mol. The predicted octanol–water partition coefficient (Wildman–Crippen LogP) is 1.99. The first kappa shape index (κ1) is 14.4. The first-order valence-electron chi connectivity index (χ1n) is 5.79. The summed E-state index contributed by atoms with van der Waals surface area (Å²) >= 11 is 0. The van der Waals surface area contributed by atoms with E-state index in [0.29, 0.717) is 0 Å². The Balaban J connectivity index is 2.55. The summed E-state index contributed by atoms with van der Waals surface area (Å²) in [6, 6.07) is 3.08. The third-order valence-electron chi connectivity index (χ3n) is 2.45. The van der Waals surface area contributed by atoms with Gasteiger partial charge in [-0.05, 0) is 35.5 Å². The maximum atomic E-state index is 10.5.